The van der Waals surface area contributed by atoms with E-state index in [2.05, 4.69) is 4.98 Å². The number of alkyl halides is 3. The number of hydrogen-bond acceptors (Lipinski definition) is 6. The maximum Gasteiger partial charge on any atom is 0.471 e. The van der Waals surface area contributed by atoms with Crippen molar-refractivity contribution in [3.63, 3.8) is 0 Å². The maximum absolute atomic E-state index is 12.4. The third-order valence-corrected chi connectivity index (χ3v) is 4.62. The molecule has 1 aliphatic heterocycles. The highest BCUT2D eigenvalue weighted by atomic mass is 32.1. The highest BCUT2D eigenvalue weighted by Crippen LogP contribution is 2.32. The lowest BCUT2D eigenvalue weighted by Crippen LogP contribution is -2.43. The molecule has 0 atom stereocenters. The standard InChI is InChI=1S/C17H16F3N3O4S/c18-17(19,20)15(25)22-16-21-12(10-28-16)11-3-1-2-4-13(11)27-9-14(24)23-5-7-26-8-6-23/h1-4,10H,5-9H2,(H,21,22,25). The molecule has 0 radical (unpaired) electrons. The largest absolute Gasteiger partial charge is 0.483 e. The van der Waals surface area contributed by atoms with E-state index in [4.69, 9.17) is 9.47 Å². The van der Waals surface area contributed by atoms with Gasteiger partial charge in [0.05, 0.1) is 18.9 Å². The summed E-state index contributed by atoms with van der Waals surface area (Å²) in [6.45, 7) is 1.77. The SMILES string of the molecule is O=C(COc1ccccc1-c1csc(NC(=O)C(F)(F)F)n1)N1CCOCC1. The summed E-state index contributed by atoms with van der Waals surface area (Å²) in [5, 5.41) is 3.03. The smallest absolute Gasteiger partial charge is 0.471 e. The number of carbonyl (C=O) groups is 2. The molecule has 1 fully saturated rings. The van der Waals surface area contributed by atoms with Gasteiger partial charge in [0.2, 0.25) is 0 Å². The number of benzene rings is 1. The normalized spacial score (nSPS) is 14.6. The van der Waals surface area contributed by atoms with E-state index < -0.39 is 12.1 Å². The van der Waals surface area contributed by atoms with Crippen LogP contribution in [0, 0.1) is 0 Å². The second-order valence-corrected chi connectivity index (χ2v) is 6.63. The van der Waals surface area contributed by atoms with Crippen LogP contribution >= 0.6 is 11.3 Å². The number of thiazole rings is 1. The molecule has 0 unspecified atom stereocenters. The Hall–Kier alpha value is -2.66. The first kappa shape index (κ1) is 20.1. The van der Waals surface area contributed by atoms with Crippen LogP contribution < -0.4 is 10.1 Å². The molecule has 1 aromatic carbocycles. The zero-order chi connectivity index (χ0) is 20.1. The number of anilines is 1. The van der Waals surface area contributed by atoms with Crippen molar-refractivity contribution >= 4 is 28.3 Å². The third kappa shape index (κ3) is 4.98. The second-order valence-electron chi connectivity index (χ2n) is 5.77. The molecule has 3 rings (SSSR count). The summed E-state index contributed by atoms with van der Waals surface area (Å²) >= 11 is 0.857. The Labute approximate surface area is 162 Å². The van der Waals surface area contributed by atoms with E-state index in [-0.39, 0.29) is 17.6 Å². The van der Waals surface area contributed by atoms with Gasteiger partial charge in [-0.1, -0.05) is 12.1 Å². The lowest BCUT2D eigenvalue weighted by atomic mass is 10.1. The molecule has 7 nitrogen and oxygen atoms in total. The number of morpholine rings is 1. The van der Waals surface area contributed by atoms with Crippen LogP contribution in [0.3, 0.4) is 0 Å². The Bertz CT molecular complexity index is 850. The Kier molecular flexibility index (Phi) is 6.15. The number of nitrogens with one attached hydrogen (secondary N) is 1. The summed E-state index contributed by atoms with van der Waals surface area (Å²) < 4.78 is 47.9. The lowest BCUT2D eigenvalue weighted by Gasteiger charge is -2.26. The molecule has 1 aromatic heterocycles. The van der Waals surface area contributed by atoms with Crippen LogP contribution in [0.25, 0.3) is 11.3 Å². The van der Waals surface area contributed by atoms with Crippen molar-refractivity contribution in [3.05, 3.63) is 29.6 Å². The average molecular weight is 415 g/mol. The van der Waals surface area contributed by atoms with Gasteiger partial charge in [-0.3, -0.25) is 14.9 Å². The van der Waals surface area contributed by atoms with Gasteiger partial charge in [-0.05, 0) is 12.1 Å². The Morgan fingerprint density at radius 2 is 1.96 bits per heavy atom. The van der Waals surface area contributed by atoms with E-state index in [1.54, 1.807) is 34.5 Å². The van der Waals surface area contributed by atoms with Crippen LogP contribution in [0.15, 0.2) is 29.6 Å². The summed E-state index contributed by atoms with van der Waals surface area (Å²) in [6.07, 6.45) is -4.99. The van der Waals surface area contributed by atoms with E-state index in [0.717, 1.165) is 11.3 Å². The molecular formula is C17H16F3N3O4S. The van der Waals surface area contributed by atoms with Crippen LogP contribution in [-0.2, 0) is 14.3 Å². The quantitative estimate of drug-likeness (QED) is 0.812. The van der Waals surface area contributed by atoms with Crippen molar-refractivity contribution in [2.24, 2.45) is 0 Å². The zero-order valence-electron chi connectivity index (χ0n) is 14.5. The molecule has 1 aliphatic rings. The first-order chi connectivity index (χ1) is 13.3. The van der Waals surface area contributed by atoms with Crippen molar-refractivity contribution in [2.75, 3.05) is 38.2 Å². The van der Waals surface area contributed by atoms with Crippen LogP contribution in [0.4, 0.5) is 18.3 Å². The third-order valence-electron chi connectivity index (χ3n) is 3.86. The summed E-state index contributed by atoms with van der Waals surface area (Å²) in [4.78, 5) is 28.9. The van der Waals surface area contributed by atoms with Crippen LogP contribution in [0.5, 0.6) is 5.75 Å². The van der Waals surface area contributed by atoms with E-state index in [1.165, 1.54) is 5.38 Å². The highest BCUT2D eigenvalue weighted by molar-refractivity contribution is 7.14. The van der Waals surface area contributed by atoms with Gasteiger partial charge < -0.3 is 14.4 Å². The first-order valence-corrected chi connectivity index (χ1v) is 9.14. The highest BCUT2D eigenvalue weighted by Gasteiger charge is 2.39. The fraction of sp³-hybridized carbons (Fsp3) is 0.353. The van der Waals surface area contributed by atoms with Crippen molar-refractivity contribution in [3.8, 4) is 17.0 Å². The molecule has 2 heterocycles. The van der Waals surface area contributed by atoms with Gasteiger partial charge in [0.25, 0.3) is 5.91 Å². The number of halogens is 3. The molecule has 0 saturated carbocycles. The molecular weight excluding hydrogens is 399 g/mol. The fourth-order valence-electron chi connectivity index (χ4n) is 2.47. The van der Waals surface area contributed by atoms with Gasteiger partial charge in [-0.25, -0.2) is 4.98 Å². The second kappa shape index (κ2) is 8.57. The number of hydrogen-bond donors (Lipinski definition) is 1. The van der Waals surface area contributed by atoms with Gasteiger partial charge in [-0.2, -0.15) is 13.2 Å². The average Bonchev–Trinajstić information content (AvgIpc) is 3.14. The number of amides is 2. The number of para-hydroxylation sites is 1. The van der Waals surface area contributed by atoms with E-state index in [9.17, 15) is 22.8 Å². The number of ether oxygens (including phenoxy) is 2. The van der Waals surface area contributed by atoms with Crippen LogP contribution in [0.1, 0.15) is 0 Å². The predicted octanol–water partition coefficient (Wildman–Crippen LogP) is 2.55. The van der Waals surface area contributed by atoms with Crippen LogP contribution in [0.2, 0.25) is 0 Å². The van der Waals surface area contributed by atoms with Gasteiger partial charge in [0, 0.05) is 24.0 Å². The summed E-state index contributed by atoms with van der Waals surface area (Å²) in [5.74, 6) is -1.91. The number of rotatable bonds is 5. The Morgan fingerprint density at radius 1 is 1.25 bits per heavy atom. The molecule has 11 heteroatoms. The number of nitrogens with zero attached hydrogens (tertiary/aromatic N) is 2. The molecule has 150 valence electrons. The number of aromatic nitrogens is 1. The van der Waals surface area contributed by atoms with Gasteiger partial charge in [0.1, 0.15) is 5.75 Å². The maximum atomic E-state index is 12.4. The van der Waals surface area contributed by atoms with Crippen molar-refractivity contribution < 1.29 is 32.2 Å². The minimum atomic E-state index is -4.99. The van der Waals surface area contributed by atoms with Crippen molar-refractivity contribution in [1.29, 1.82) is 0 Å². The van der Waals surface area contributed by atoms with Gasteiger partial charge in [0.15, 0.2) is 11.7 Å². The molecule has 1 saturated heterocycles. The molecule has 1 N–H and O–H groups in total. The minimum absolute atomic E-state index is 0.182. The molecule has 0 bridgehead atoms. The van der Waals surface area contributed by atoms with Crippen molar-refractivity contribution in [1.82, 2.24) is 9.88 Å². The Morgan fingerprint density at radius 3 is 2.68 bits per heavy atom. The minimum Gasteiger partial charge on any atom is -0.483 e. The lowest BCUT2D eigenvalue weighted by molar-refractivity contribution is -0.167. The Balaban J connectivity index is 1.68. The summed E-state index contributed by atoms with van der Waals surface area (Å²) in [5.41, 5.74) is 0.831. The van der Waals surface area contributed by atoms with Crippen molar-refractivity contribution in [2.45, 2.75) is 6.18 Å². The molecule has 0 spiro atoms. The van der Waals surface area contributed by atoms with E-state index >= 15 is 0 Å². The fourth-order valence-corrected chi connectivity index (χ4v) is 3.18. The van der Waals surface area contributed by atoms with Crippen LogP contribution in [-0.4, -0.2) is 60.8 Å². The monoisotopic (exact) mass is 415 g/mol. The topological polar surface area (TPSA) is 80.8 Å². The number of carbonyl (C=O) groups excluding carboxylic acids is 2. The molecule has 2 aromatic rings. The molecule has 2 amide bonds. The summed E-state index contributed by atoms with van der Waals surface area (Å²) in [6, 6.07) is 6.71. The van der Waals surface area contributed by atoms with E-state index in [1.807, 2.05) is 0 Å². The summed E-state index contributed by atoms with van der Waals surface area (Å²) in [7, 11) is 0. The molecule has 0 aliphatic carbocycles. The van der Waals surface area contributed by atoms with Gasteiger partial charge >= 0.3 is 12.1 Å². The first-order valence-electron chi connectivity index (χ1n) is 8.26. The molecule has 28 heavy (non-hydrogen) atoms. The van der Waals surface area contributed by atoms with E-state index in [0.29, 0.717) is 43.3 Å². The van der Waals surface area contributed by atoms with Gasteiger partial charge in [-0.15, -0.1) is 11.3 Å². The predicted molar refractivity (Wildman–Crippen MR) is 95.1 cm³/mol. The zero-order valence-corrected chi connectivity index (χ0v) is 15.3.